The molecule has 3 heteroatoms. The van der Waals surface area contributed by atoms with E-state index in [9.17, 15) is 5.11 Å². The molecule has 3 nitrogen and oxygen atoms in total. The minimum atomic E-state index is 0.301. The van der Waals surface area contributed by atoms with E-state index in [0.717, 1.165) is 25.7 Å². The Morgan fingerprint density at radius 1 is 1.17 bits per heavy atom. The molecule has 1 heterocycles. The van der Waals surface area contributed by atoms with Crippen molar-refractivity contribution in [1.82, 2.24) is 10.2 Å². The number of likely N-dealkylation sites (tertiary alicyclic amines) is 1. The summed E-state index contributed by atoms with van der Waals surface area (Å²) in [5, 5.41) is 13.2. The predicted molar refractivity (Wildman–Crippen MR) is 72.2 cm³/mol. The van der Waals surface area contributed by atoms with Gasteiger partial charge in [0, 0.05) is 44.2 Å². The van der Waals surface area contributed by atoms with Crippen molar-refractivity contribution in [2.24, 2.45) is 5.92 Å². The Hall–Kier alpha value is -0.900. The fourth-order valence-corrected chi connectivity index (χ4v) is 2.86. The molecule has 2 atom stereocenters. The second-order valence-corrected chi connectivity index (χ2v) is 5.67. The number of aliphatic hydroxyl groups excluding tert-OH is 1. The Labute approximate surface area is 109 Å². The first-order valence-electron chi connectivity index (χ1n) is 6.98. The molecule has 1 aromatic rings. The first-order chi connectivity index (χ1) is 8.85. The molecule has 0 amide bonds. The number of rotatable bonds is 5. The largest absolute Gasteiger partial charge is 0.396 e. The van der Waals surface area contributed by atoms with Crippen LogP contribution in [0.3, 0.4) is 0 Å². The van der Waals surface area contributed by atoms with Crippen LogP contribution in [0.2, 0.25) is 0 Å². The predicted octanol–water partition coefficient (Wildman–Crippen LogP) is 1.23. The van der Waals surface area contributed by atoms with Crippen LogP contribution < -0.4 is 5.32 Å². The van der Waals surface area contributed by atoms with Crippen molar-refractivity contribution in [1.29, 1.82) is 0 Å². The molecular formula is C15H22N2O. The average Bonchev–Trinajstić information content (AvgIpc) is 3.12. The van der Waals surface area contributed by atoms with E-state index in [0.29, 0.717) is 18.6 Å². The monoisotopic (exact) mass is 246 g/mol. The van der Waals surface area contributed by atoms with Gasteiger partial charge in [-0.1, -0.05) is 30.3 Å². The topological polar surface area (TPSA) is 35.5 Å². The smallest absolute Gasteiger partial charge is 0.0486 e. The molecule has 2 fully saturated rings. The standard InChI is InChI=1S/C15H22N2O/c18-11-13-9-17(8-12-4-2-1-3-5-12)10-15(13)16-14-6-7-14/h1-5,13-16,18H,6-11H2. The van der Waals surface area contributed by atoms with Crippen molar-refractivity contribution in [3.05, 3.63) is 35.9 Å². The van der Waals surface area contributed by atoms with Crippen LogP contribution in [0.15, 0.2) is 30.3 Å². The Morgan fingerprint density at radius 2 is 1.94 bits per heavy atom. The molecule has 18 heavy (non-hydrogen) atoms. The fourth-order valence-electron chi connectivity index (χ4n) is 2.86. The SMILES string of the molecule is OCC1CN(Cc2ccccc2)CC1NC1CC1. The molecule has 1 saturated heterocycles. The Balaban J connectivity index is 1.57. The van der Waals surface area contributed by atoms with E-state index in [4.69, 9.17) is 0 Å². The summed E-state index contributed by atoms with van der Waals surface area (Å²) in [7, 11) is 0. The second kappa shape index (κ2) is 5.39. The first kappa shape index (κ1) is 12.2. The van der Waals surface area contributed by atoms with Crippen LogP contribution in [-0.4, -0.2) is 41.8 Å². The molecule has 2 N–H and O–H groups in total. The summed E-state index contributed by atoms with van der Waals surface area (Å²) in [5.74, 6) is 0.398. The van der Waals surface area contributed by atoms with Gasteiger partial charge in [-0.15, -0.1) is 0 Å². The van der Waals surface area contributed by atoms with Crippen molar-refractivity contribution in [2.45, 2.75) is 31.5 Å². The Morgan fingerprint density at radius 3 is 2.61 bits per heavy atom. The molecular weight excluding hydrogens is 224 g/mol. The maximum Gasteiger partial charge on any atom is 0.0486 e. The molecule has 0 aromatic heterocycles. The van der Waals surface area contributed by atoms with Gasteiger partial charge in [-0.2, -0.15) is 0 Å². The van der Waals surface area contributed by atoms with Gasteiger partial charge in [-0.25, -0.2) is 0 Å². The molecule has 2 unspecified atom stereocenters. The summed E-state index contributed by atoms with van der Waals surface area (Å²) >= 11 is 0. The number of aliphatic hydroxyl groups is 1. The van der Waals surface area contributed by atoms with E-state index in [1.807, 2.05) is 0 Å². The summed E-state index contributed by atoms with van der Waals surface area (Å²) in [6.07, 6.45) is 2.63. The van der Waals surface area contributed by atoms with Crippen LogP contribution in [0.25, 0.3) is 0 Å². The molecule has 1 aliphatic heterocycles. The van der Waals surface area contributed by atoms with Crippen LogP contribution in [0.1, 0.15) is 18.4 Å². The highest BCUT2D eigenvalue weighted by atomic mass is 16.3. The average molecular weight is 246 g/mol. The summed E-state index contributed by atoms with van der Waals surface area (Å²) in [6.45, 7) is 3.38. The zero-order chi connectivity index (χ0) is 12.4. The van der Waals surface area contributed by atoms with Gasteiger partial charge < -0.3 is 10.4 Å². The van der Waals surface area contributed by atoms with Gasteiger partial charge in [0.1, 0.15) is 0 Å². The van der Waals surface area contributed by atoms with Gasteiger partial charge in [0.15, 0.2) is 0 Å². The number of benzene rings is 1. The third-order valence-corrected chi connectivity index (χ3v) is 4.03. The van der Waals surface area contributed by atoms with E-state index in [2.05, 4.69) is 40.5 Å². The summed E-state index contributed by atoms with van der Waals surface area (Å²) < 4.78 is 0. The van der Waals surface area contributed by atoms with Crippen LogP contribution in [0.5, 0.6) is 0 Å². The molecule has 2 aliphatic rings. The van der Waals surface area contributed by atoms with Gasteiger partial charge in [0.2, 0.25) is 0 Å². The molecule has 1 aromatic carbocycles. The third kappa shape index (κ3) is 2.91. The van der Waals surface area contributed by atoms with Crippen LogP contribution in [0, 0.1) is 5.92 Å². The van der Waals surface area contributed by atoms with Crippen molar-refractivity contribution < 1.29 is 5.11 Å². The van der Waals surface area contributed by atoms with Crippen LogP contribution in [-0.2, 0) is 6.54 Å². The summed E-state index contributed by atoms with van der Waals surface area (Å²) in [6, 6.07) is 11.8. The van der Waals surface area contributed by atoms with Crippen molar-refractivity contribution >= 4 is 0 Å². The van der Waals surface area contributed by atoms with E-state index < -0.39 is 0 Å². The maximum atomic E-state index is 9.49. The Kier molecular flexibility index (Phi) is 3.64. The van der Waals surface area contributed by atoms with Gasteiger partial charge in [-0.05, 0) is 18.4 Å². The van der Waals surface area contributed by atoms with E-state index in [1.165, 1.54) is 18.4 Å². The van der Waals surface area contributed by atoms with Crippen molar-refractivity contribution in [3.8, 4) is 0 Å². The normalized spacial score (nSPS) is 28.7. The number of nitrogens with zero attached hydrogens (tertiary/aromatic N) is 1. The lowest BCUT2D eigenvalue weighted by molar-refractivity contribution is 0.206. The fraction of sp³-hybridized carbons (Fsp3) is 0.600. The molecule has 3 rings (SSSR count). The third-order valence-electron chi connectivity index (χ3n) is 4.03. The van der Waals surface area contributed by atoms with Crippen LogP contribution in [0.4, 0.5) is 0 Å². The van der Waals surface area contributed by atoms with Gasteiger partial charge >= 0.3 is 0 Å². The molecule has 0 spiro atoms. The quantitative estimate of drug-likeness (QED) is 0.820. The van der Waals surface area contributed by atoms with E-state index >= 15 is 0 Å². The first-order valence-corrected chi connectivity index (χ1v) is 6.98. The highest BCUT2D eigenvalue weighted by molar-refractivity contribution is 5.15. The van der Waals surface area contributed by atoms with Crippen molar-refractivity contribution in [3.63, 3.8) is 0 Å². The highest BCUT2D eigenvalue weighted by Crippen LogP contribution is 2.25. The minimum Gasteiger partial charge on any atom is -0.396 e. The molecule has 0 radical (unpaired) electrons. The molecule has 1 aliphatic carbocycles. The number of hydrogen-bond donors (Lipinski definition) is 2. The minimum absolute atomic E-state index is 0.301. The van der Waals surface area contributed by atoms with E-state index in [1.54, 1.807) is 0 Å². The van der Waals surface area contributed by atoms with E-state index in [-0.39, 0.29) is 0 Å². The van der Waals surface area contributed by atoms with Gasteiger partial charge in [-0.3, -0.25) is 4.90 Å². The number of hydrogen-bond acceptors (Lipinski definition) is 3. The zero-order valence-electron chi connectivity index (χ0n) is 10.8. The van der Waals surface area contributed by atoms with Gasteiger partial charge in [0.25, 0.3) is 0 Å². The maximum absolute atomic E-state index is 9.49. The number of nitrogens with one attached hydrogen (secondary N) is 1. The Bertz CT molecular complexity index is 377. The van der Waals surface area contributed by atoms with Crippen molar-refractivity contribution in [2.75, 3.05) is 19.7 Å². The highest BCUT2D eigenvalue weighted by Gasteiger charge is 2.35. The molecule has 1 saturated carbocycles. The lowest BCUT2D eigenvalue weighted by Crippen LogP contribution is -2.38. The molecule has 0 bridgehead atoms. The lowest BCUT2D eigenvalue weighted by atomic mass is 10.1. The van der Waals surface area contributed by atoms with Gasteiger partial charge in [0.05, 0.1) is 0 Å². The lowest BCUT2D eigenvalue weighted by Gasteiger charge is -2.17. The molecule has 98 valence electrons. The second-order valence-electron chi connectivity index (χ2n) is 5.67. The zero-order valence-corrected chi connectivity index (χ0v) is 10.8. The van der Waals surface area contributed by atoms with Crippen LogP contribution >= 0.6 is 0 Å². The summed E-state index contributed by atoms with van der Waals surface area (Å²) in [4.78, 5) is 2.45. The summed E-state index contributed by atoms with van der Waals surface area (Å²) in [5.41, 5.74) is 1.36.